The van der Waals surface area contributed by atoms with E-state index >= 15 is 0 Å². The molecule has 16 heavy (non-hydrogen) atoms. The number of halogens is 1. The van der Waals surface area contributed by atoms with Crippen molar-refractivity contribution in [2.45, 2.75) is 11.8 Å². The average molecular weight is 260 g/mol. The molecule has 1 aromatic rings. The van der Waals surface area contributed by atoms with Gasteiger partial charge in [-0.1, -0.05) is 11.6 Å². The molecule has 0 radical (unpaired) electrons. The van der Waals surface area contributed by atoms with Gasteiger partial charge in [0.25, 0.3) is 5.84 Å². The zero-order valence-corrected chi connectivity index (χ0v) is 10.3. The summed E-state index contributed by atoms with van der Waals surface area (Å²) in [7, 11) is -3.43. The zero-order valence-electron chi connectivity index (χ0n) is 8.77. The summed E-state index contributed by atoms with van der Waals surface area (Å²) in [6.07, 6.45) is 0. The van der Waals surface area contributed by atoms with Gasteiger partial charge in [-0.2, -0.15) is 8.42 Å². The molecule has 1 N–H and O–H groups in total. The van der Waals surface area contributed by atoms with Crippen LogP contribution in [0.4, 0.5) is 0 Å². The molecule has 0 amide bonds. The summed E-state index contributed by atoms with van der Waals surface area (Å²) in [5.74, 6) is 0.662. The predicted octanol–water partition coefficient (Wildman–Crippen LogP) is 1.06. The Morgan fingerprint density at radius 3 is 2.44 bits per heavy atom. The van der Waals surface area contributed by atoms with E-state index in [2.05, 4.69) is 5.32 Å². The summed E-state index contributed by atoms with van der Waals surface area (Å²) in [5, 5.41) is 3.52. The van der Waals surface area contributed by atoms with Crippen LogP contribution < -0.4 is 5.32 Å². The maximum Gasteiger partial charge on any atom is 0.330 e. The van der Waals surface area contributed by atoms with Crippen LogP contribution >= 0.6 is 11.6 Å². The highest BCUT2D eigenvalue weighted by molar-refractivity contribution is 7.85. The first-order valence-corrected chi connectivity index (χ1v) is 6.69. The topological polar surface area (TPSA) is 49.2 Å². The highest BCUT2D eigenvalue weighted by atomic mass is 35.5. The van der Waals surface area contributed by atoms with Crippen LogP contribution in [0.3, 0.4) is 0 Å². The molecule has 6 heteroatoms. The highest BCUT2D eigenvalue weighted by Gasteiger charge is 2.30. The number of nitrogens with one attached hydrogen (secondary N) is 1. The number of hydrogen-bond donors (Lipinski definition) is 1. The molecule has 86 valence electrons. The van der Waals surface area contributed by atoms with E-state index in [4.69, 9.17) is 11.6 Å². The number of nitrogens with zero attached hydrogens (tertiary/aromatic N) is 1. The molecule has 0 atom stereocenters. The first-order chi connectivity index (χ1) is 7.51. The van der Waals surface area contributed by atoms with Crippen LogP contribution in [0, 0.1) is 0 Å². The van der Waals surface area contributed by atoms with Crippen molar-refractivity contribution in [3.05, 3.63) is 29.3 Å². The molecule has 2 rings (SSSR count). The molecular formula is C10H12ClN2O2S+. The van der Waals surface area contributed by atoms with Gasteiger partial charge in [0.1, 0.15) is 18.0 Å². The van der Waals surface area contributed by atoms with E-state index in [9.17, 15) is 8.42 Å². The summed E-state index contributed by atoms with van der Waals surface area (Å²) in [5.41, 5.74) is 0. The first kappa shape index (κ1) is 11.4. The lowest BCUT2D eigenvalue weighted by Crippen LogP contribution is -2.25. The molecule has 1 heterocycles. The third-order valence-electron chi connectivity index (χ3n) is 2.47. The van der Waals surface area contributed by atoms with E-state index in [0.717, 1.165) is 0 Å². The summed E-state index contributed by atoms with van der Waals surface area (Å²) in [6.45, 7) is 2.87. The Hall–Kier alpha value is -1.07. The molecule has 1 aliphatic heterocycles. The second kappa shape index (κ2) is 4.07. The maximum atomic E-state index is 12.2. The Bertz CT molecular complexity index is 534. The molecule has 0 spiro atoms. The van der Waals surface area contributed by atoms with Crippen LogP contribution in [-0.4, -0.2) is 31.3 Å². The van der Waals surface area contributed by atoms with Crippen LogP contribution in [0.5, 0.6) is 0 Å². The van der Waals surface area contributed by atoms with Crippen LogP contribution in [-0.2, 0) is 10.0 Å². The summed E-state index contributed by atoms with van der Waals surface area (Å²) in [4.78, 5) is 0.264. The van der Waals surface area contributed by atoms with Gasteiger partial charge in [0.2, 0.25) is 0 Å². The average Bonchev–Trinajstić information content (AvgIpc) is 2.66. The first-order valence-electron chi connectivity index (χ1n) is 4.87. The number of hydrogen-bond acceptors (Lipinski definition) is 3. The van der Waals surface area contributed by atoms with Gasteiger partial charge in [0, 0.05) is 11.9 Å². The van der Waals surface area contributed by atoms with E-state index in [0.29, 0.717) is 23.9 Å². The van der Waals surface area contributed by atoms with Crippen LogP contribution in [0.2, 0.25) is 5.02 Å². The fourth-order valence-electron chi connectivity index (χ4n) is 1.63. The molecule has 0 unspecified atom stereocenters. The Morgan fingerprint density at radius 1 is 1.31 bits per heavy atom. The lowest BCUT2D eigenvalue weighted by atomic mass is 10.4. The Morgan fingerprint density at radius 2 is 1.94 bits per heavy atom. The smallest absolute Gasteiger partial charge is 0.274 e. The predicted molar refractivity (Wildman–Crippen MR) is 62.4 cm³/mol. The van der Waals surface area contributed by atoms with Gasteiger partial charge in [0.05, 0.1) is 0 Å². The van der Waals surface area contributed by atoms with E-state index in [-0.39, 0.29) is 4.90 Å². The number of benzene rings is 1. The molecular weight excluding hydrogens is 248 g/mol. The molecule has 0 fully saturated rings. The van der Waals surface area contributed by atoms with Crippen molar-refractivity contribution in [2.75, 3.05) is 13.1 Å². The molecule has 0 aliphatic carbocycles. The highest BCUT2D eigenvalue weighted by Crippen LogP contribution is 2.16. The van der Waals surface area contributed by atoms with E-state index < -0.39 is 10.0 Å². The number of amidine groups is 1. The van der Waals surface area contributed by atoms with Crippen LogP contribution in [0.15, 0.2) is 29.2 Å². The fraction of sp³-hybridized carbons (Fsp3) is 0.300. The van der Waals surface area contributed by atoms with E-state index in [1.807, 2.05) is 0 Å². The summed E-state index contributed by atoms with van der Waals surface area (Å²) >= 11 is 5.72. The van der Waals surface area contributed by atoms with Crippen molar-refractivity contribution in [2.24, 2.45) is 0 Å². The minimum absolute atomic E-state index is 0.264. The molecule has 0 bridgehead atoms. The third-order valence-corrected chi connectivity index (χ3v) is 4.63. The Kier molecular flexibility index (Phi) is 2.90. The minimum Gasteiger partial charge on any atom is -0.274 e. The standard InChI is InChI=1S/C10H11ClN2O2S/c1-8-12-6-7-13(8)16(14,15)10-4-2-9(11)3-5-10/h2-5H,6-7H2,1H3/p+1. The maximum absolute atomic E-state index is 12.2. The number of sulfonamides is 1. The Balaban J connectivity index is 2.47. The van der Waals surface area contributed by atoms with Crippen LogP contribution in [0.1, 0.15) is 6.92 Å². The Labute approximate surface area is 99.6 Å². The van der Waals surface area contributed by atoms with Gasteiger partial charge < -0.3 is 0 Å². The third kappa shape index (κ3) is 1.92. The number of rotatable bonds is 2. The summed E-state index contributed by atoms with van der Waals surface area (Å²) in [6, 6.07) is 6.19. The van der Waals surface area contributed by atoms with Gasteiger partial charge in [-0.25, -0.2) is 0 Å². The minimum atomic E-state index is -3.43. The normalized spacial score (nSPS) is 16.4. The van der Waals surface area contributed by atoms with Gasteiger partial charge in [-0.15, -0.1) is 3.98 Å². The van der Waals surface area contributed by atoms with Crippen molar-refractivity contribution in [1.82, 2.24) is 5.32 Å². The quantitative estimate of drug-likeness (QED) is 0.808. The van der Waals surface area contributed by atoms with Crippen LogP contribution in [0.25, 0.3) is 0 Å². The molecule has 0 aromatic heterocycles. The van der Waals surface area contributed by atoms with Gasteiger partial charge in [-0.05, 0) is 24.3 Å². The molecule has 0 saturated heterocycles. The molecule has 4 nitrogen and oxygen atoms in total. The van der Waals surface area contributed by atoms with E-state index in [1.54, 1.807) is 19.1 Å². The van der Waals surface area contributed by atoms with Crippen molar-refractivity contribution < 1.29 is 12.4 Å². The van der Waals surface area contributed by atoms with Crippen molar-refractivity contribution in [3.8, 4) is 0 Å². The van der Waals surface area contributed by atoms with Crippen molar-refractivity contribution in [1.29, 1.82) is 0 Å². The molecule has 0 saturated carbocycles. The fourth-order valence-corrected chi connectivity index (χ4v) is 3.25. The SMILES string of the molecule is CC1=[N+](S(=O)(=O)c2ccc(Cl)cc2)CCN1. The molecule has 1 aliphatic rings. The largest absolute Gasteiger partial charge is 0.330 e. The second-order valence-corrected chi connectivity index (χ2v) is 5.84. The van der Waals surface area contributed by atoms with Crippen molar-refractivity contribution in [3.63, 3.8) is 0 Å². The summed E-state index contributed by atoms with van der Waals surface area (Å²) < 4.78 is 25.7. The lowest BCUT2D eigenvalue weighted by Gasteiger charge is -2.03. The molecule has 1 aromatic carbocycles. The van der Waals surface area contributed by atoms with Gasteiger partial charge in [-0.3, -0.25) is 5.32 Å². The second-order valence-electron chi connectivity index (χ2n) is 3.54. The zero-order chi connectivity index (χ0) is 11.8. The van der Waals surface area contributed by atoms with Gasteiger partial charge >= 0.3 is 10.0 Å². The van der Waals surface area contributed by atoms with Crippen molar-refractivity contribution >= 4 is 27.5 Å². The van der Waals surface area contributed by atoms with E-state index in [1.165, 1.54) is 16.1 Å². The monoisotopic (exact) mass is 259 g/mol. The lowest BCUT2D eigenvalue weighted by molar-refractivity contribution is -0.353. The van der Waals surface area contributed by atoms with Gasteiger partial charge in [0.15, 0.2) is 0 Å².